The standard InChI is InChI=1S/C14H16Cl2N2O2S/c1-9-8-21-14(18-9)6-17-5-10(19)7-20-11-2-3-12(15)13(16)4-11/h2-4,8,10,17,19H,5-7H2,1H3. The van der Waals surface area contributed by atoms with Gasteiger partial charge in [-0.25, -0.2) is 4.98 Å². The van der Waals surface area contributed by atoms with E-state index in [-0.39, 0.29) is 6.61 Å². The zero-order chi connectivity index (χ0) is 15.2. The zero-order valence-corrected chi connectivity index (χ0v) is 13.8. The lowest BCUT2D eigenvalue weighted by atomic mass is 10.3. The highest BCUT2D eigenvalue weighted by atomic mass is 35.5. The third kappa shape index (κ3) is 5.45. The van der Waals surface area contributed by atoms with Gasteiger partial charge in [0.25, 0.3) is 0 Å². The molecule has 0 aliphatic heterocycles. The summed E-state index contributed by atoms with van der Waals surface area (Å²) in [5.74, 6) is 0.582. The van der Waals surface area contributed by atoms with Crippen LogP contribution in [0.5, 0.6) is 5.75 Å². The maximum atomic E-state index is 9.85. The second kappa shape index (κ2) is 7.96. The van der Waals surface area contributed by atoms with E-state index in [2.05, 4.69) is 10.3 Å². The maximum absolute atomic E-state index is 9.85. The molecule has 1 aromatic carbocycles. The van der Waals surface area contributed by atoms with Gasteiger partial charge in [-0.05, 0) is 19.1 Å². The lowest BCUT2D eigenvalue weighted by Gasteiger charge is -2.13. The number of aliphatic hydroxyl groups is 1. The summed E-state index contributed by atoms with van der Waals surface area (Å²) >= 11 is 13.3. The number of aromatic nitrogens is 1. The first kappa shape index (κ1) is 16.5. The summed E-state index contributed by atoms with van der Waals surface area (Å²) in [6.07, 6.45) is -0.611. The SMILES string of the molecule is Cc1csc(CNCC(O)COc2ccc(Cl)c(Cl)c2)n1. The van der Waals surface area contributed by atoms with E-state index in [0.29, 0.717) is 28.9 Å². The van der Waals surface area contributed by atoms with Gasteiger partial charge in [-0.15, -0.1) is 11.3 Å². The molecule has 1 aromatic heterocycles. The Kier molecular flexibility index (Phi) is 6.26. The Morgan fingerprint density at radius 1 is 1.38 bits per heavy atom. The van der Waals surface area contributed by atoms with Crippen LogP contribution in [0.3, 0.4) is 0 Å². The van der Waals surface area contributed by atoms with Gasteiger partial charge in [0.1, 0.15) is 23.5 Å². The first-order chi connectivity index (χ1) is 10.0. The molecule has 0 bridgehead atoms. The Balaban J connectivity index is 1.69. The van der Waals surface area contributed by atoms with Crippen molar-refractivity contribution in [1.82, 2.24) is 10.3 Å². The monoisotopic (exact) mass is 346 g/mol. The number of rotatable bonds is 7. The molecular weight excluding hydrogens is 331 g/mol. The van der Waals surface area contributed by atoms with Gasteiger partial charge in [0.15, 0.2) is 0 Å². The minimum Gasteiger partial charge on any atom is -0.491 e. The van der Waals surface area contributed by atoms with Crippen molar-refractivity contribution in [3.05, 3.63) is 44.3 Å². The lowest BCUT2D eigenvalue weighted by molar-refractivity contribution is 0.106. The minimum atomic E-state index is -0.611. The molecule has 2 rings (SSSR count). The molecule has 0 radical (unpaired) electrons. The Morgan fingerprint density at radius 2 is 2.19 bits per heavy atom. The quantitative estimate of drug-likeness (QED) is 0.807. The molecule has 4 nitrogen and oxygen atoms in total. The second-order valence-electron chi connectivity index (χ2n) is 4.55. The van der Waals surface area contributed by atoms with Gasteiger partial charge in [0.05, 0.1) is 10.0 Å². The van der Waals surface area contributed by atoms with Crippen LogP contribution in [-0.4, -0.2) is 29.3 Å². The fourth-order valence-electron chi connectivity index (χ4n) is 1.65. The summed E-state index contributed by atoms with van der Waals surface area (Å²) < 4.78 is 5.46. The zero-order valence-electron chi connectivity index (χ0n) is 11.5. The van der Waals surface area contributed by atoms with Crippen molar-refractivity contribution in [2.75, 3.05) is 13.2 Å². The largest absolute Gasteiger partial charge is 0.491 e. The molecule has 1 heterocycles. The van der Waals surface area contributed by atoms with Crippen LogP contribution in [0.1, 0.15) is 10.7 Å². The molecule has 2 N–H and O–H groups in total. The normalized spacial score (nSPS) is 12.4. The van der Waals surface area contributed by atoms with Crippen LogP contribution in [0.4, 0.5) is 0 Å². The van der Waals surface area contributed by atoms with E-state index in [0.717, 1.165) is 10.7 Å². The molecule has 1 atom stereocenters. The van der Waals surface area contributed by atoms with E-state index in [1.165, 1.54) is 0 Å². The van der Waals surface area contributed by atoms with Crippen LogP contribution >= 0.6 is 34.5 Å². The Labute approximate surface area is 137 Å². The van der Waals surface area contributed by atoms with Crippen LogP contribution in [0.25, 0.3) is 0 Å². The average molecular weight is 347 g/mol. The van der Waals surface area contributed by atoms with Crippen molar-refractivity contribution in [3.8, 4) is 5.75 Å². The highest BCUT2D eigenvalue weighted by molar-refractivity contribution is 7.09. The van der Waals surface area contributed by atoms with Crippen LogP contribution in [0.15, 0.2) is 23.6 Å². The molecule has 0 saturated carbocycles. The number of hydrogen-bond acceptors (Lipinski definition) is 5. The molecule has 2 aromatic rings. The molecular formula is C14H16Cl2N2O2S. The van der Waals surface area contributed by atoms with Gasteiger partial charge in [-0.3, -0.25) is 0 Å². The van der Waals surface area contributed by atoms with Crippen molar-refractivity contribution in [2.45, 2.75) is 19.6 Å². The molecule has 21 heavy (non-hydrogen) atoms. The van der Waals surface area contributed by atoms with Gasteiger partial charge in [0, 0.05) is 30.2 Å². The highest BCUT2D eigenvalue weighted by Crippen LogP contribution is 2.26. The molecule has 7 heteroatoms. The van der Waals surface area contributed by atoms with Gasteiger partial charge in [0.2, 0.25) is 0 Å². The van der Waals surface area contributed by atoms with Gasteiger partial charge in [-0.1, -0.05) is 23.2 Å². The van der Waals surface area contributed by atoms with Gasteiger partial charge >= 0.3 is 0 Å². The average Bonchev–Trinajstić information content (AvgIpc) is 2.86. The molecule has 1 unspecified atom stereocenters. The Morgan fingerprint density at radius 3 is 2.86 bits per heavy atom. The van der Waals surface area contributed by atoms with E-state index >= 15 is 0 Å². The van der Waals surface area contributed by atoms with Crippen molar-refractivity contribution < 1.29 is 9.84 Å². The number of nitrogens with one attached hydrogen (secondary N) is 1. The highest BCUT2D eigenvalue weighted by Gasteiger charge is 2.07. The fraction of sp³-hybridized carbons (Fsp3) is 0.357. The predicted octanol–water partition coefficient (Wildman–Crippen LogP) is 3.29. The van der Waals surface area contributed by atoms with E-state index in [9.17, 15) is 5.11 Å². The number of nitrogens with zero attached hydrogens (tertiary/aromatic N) is 1. The van der Waals surface area contributed by atoms with Crippen molar-refractivity contribution >= 4 is 34.5 Å². The topological polar surface area (TPSA) is 54.4 Å². The van der Waals surface area contributed by atoms with Crippen LogP contribution in [0, 0.1) is 6.92 Å². The third-order valence-corrected chi connectivity index (χ3v) is 4.36. The number of hydrogen-bond donors (Lipinski definition) is 2. The van der Waals surface area contributed by atoms with E-state index < -0.39 is 6.10 Å². The van der Waals surface area contributed by atoms with Crippen molar-refractivity contribution in [1.29, 1.82) is 0 Å². The van der Waals surface area contributed by atoms with Crippen molar-refractivity contribution in [3.63, 3.8) is 0 Å². The summed E-state index contributed by atoms with van der Waals surface area (Å²) in [6, 6.07) is 5.00. The maximum Gasteiger partial charge on any atom is 0.121 e. The number of aryl methyl sites for hydroxylation is 1. The molecule has 0 fully saturated rings. The summed E-state index contributed by atoms with van der Waals surface area (Å²) in [4.78, 5) is 4.34. The first-order valence-corrected chi connectivity index (χ1v) is 8.06. The molecule has 0 saturated heterocycles. The number of halogens is 2. The van der Waals surface area contributed by atoms with Crippen molar-refractivity contribution in [2.24, 2.45) is 0 Å². The van der Waals surface area contributed by atoms with Crippen LogP contribution in [0.2, 0.25) is 10.0 Å². The number of benzene rings is 1. The first-order valence-electron chi connectivity index (χ1n) is 6.42. The Hall–Kier alpha value is -0.850. The minimum absolute atomic E-state index is 0.182. The summed E-state index contributed by atoms with van der Waals surface area (Å²) in [6.45, 7) is 3.21. The molecule has 0 spiro atoms. The van der Waals surface area contributed by atoms with E-state index in [1.54, 1.807) is 29.5 Å². The van der Waals surface area contributed by atoms with Gasteiger partial charge < -0.3 is 15.2 Å². The second-order valence-corrected chi connectivity index (χ2v) is 6.31. The molecule has 114 valence electrons. The van der Waals surface area contributed by atoms with Crippen LogP contribution < -0.4 is 10.1 Å². The number of thiazole rings is 1. The van der Waals surface area contributed by atoms with E-state index in [4.69, 9.17) is 27.9 Å². The number of ether oxygens (including phenoxy) is 1. The third-order valence-electron chi connectivity index (χ3n) is 2.66. The molecule has 0 aliphatic carbocycles. The summed E-state index contributed by atoms with van der Waals surface area (Å²) in [5, 5.41) is 16.9. The van der Waals surface area contributed by atoms with Crippen LogP contribution in [-0.2, 0) is 6.54 Å². The van der Waals surface area contributed by atoms with Gasteiger partial charge in [-0.2, -0.15) is 0 Å². The number of aliphatic hydroxyl groups excluding tert-OH is 1. The summed E-state index contributed by atoms with van der Waals surface area (Å²) in [7, 11) is 0. The predicted molar refractivity (Wildman–Crippen MR) is 86.5 cm³/mol. The smallest absolute Gasteiger partial charge is 0.121 e. The molecule has 0 amide bonds. The Bertz CT molecular complexity index is 592. The summed E-state index contributed by atoms with van der Waals surface area (Å²) in [5.41, 5.74) is 1.01. The fourth-order valence-corrected chi connectivity index (χ4v) is 2.68. The molecule has 0 aliphatic rings. The van der Waals surface area contributed by atoms with E-state index in [1.807, 2.05) is 12.3 Å². The lowest BCUT2D eigenvalue weighted by Crippen LogP contribution is -2.31.